The first-order chi connectivity index (χ1) is 5.86. The van der Waals surface area contributed by atoms with Crippen LogP contribution in [-0.4, -0.2) is 55.8 Å². The summed E-state index contributed by atoms with van der Waals surface area (Å²) in [4.78, 5) is 8.79. The fraction of sp³-hybridized carbons (Fsp3) is 0.875. The molecular formula is C8H15N3O. The topological polar surface area (TPSA) is 28.1 Å². The van der Waals surface area contributed by atoms with Crippen LogP contribution in [0.25, 0.3) is 0 Å². The summed E-state index contributed by atoms with van der Waals surface area (Å²) in [6.07, 6.45) is 1.83. The van der Waals surface area contributed by atoms with E-state index in [1.165, 1.54) is 13.0 Å². The van der Waals surface area contributed by atoms with Crippen molar-refractivity contribution in [3.63, 3.8) is 0 Å². The Morgan fingerprint density at radius 2 is 2.25 bits per heavy atom. The number of amidine groups is 1. The van der Waals surface area contributed by atoms with E-state index >= 15 is 0 Å². The lowest BCUT2D eigenvalue weighted by Crippen LogP contribution is -2.51. The predicted octanol–water partition coefficient (Wildman–Crippen LogP) is -0.0340. The van der Waals surface area contributed by atoms with Crippen LogP contribution >= 0.6 is 0 Å². The van der Waals surface area contributed by atoms with Crippen molar-refractivity contribution in [2.75, 3.05) is 33.8 Å². The third-order valence-corrected chi connectivity index (χ3v) is 2.70. The zero-order valence-electron chi connectivity index (χ0n) is 7.66. The zero-order chi connectivity index (χ0) is 8.55. The lowest BCUT2D eigenvalue weighted by atomic mass is 10.2. The minimum absolute atomic E-state index is 0.573. The molecule has 2 fully saturated rings. The summed E-state index contributed by atoms with van der Waals surface area (Å²) in [5.41, 5.74) is 0. The molecule has 0 aromatic carbocycles. The van der Waals surface area contributed by atoms with Crippen molar-refractivity contribution in [3.8, 4) is 0 Å². The Bertz CT molecular complexity index is 204. The first-order valence-corrected chi connectivity index (χ1v) is 4.38. The maximum atomic E-state index is 5.19. The summed E-state index contributed by atoms with van der Waals surface area (Å²) in [7, 11) is 3.46. The van der Waals surface area contributed by atoms with E-state index in [0.717, 1.165) is 19.1 Å². The molecular weight excluding hydrogens is 154 g/mol. The van der Waals surface area contributed by atoms with Gasteiger partial charge < -0.3 is 9.64 Å². The second-order valence-corrected chi connectivity index (χ2v) is 3.21. The number of hydrogen-bond acceptors (Lipinski definition) is 3. The van der Waals surface area contributed by atoms with Crippen molar-refractivity contribution < 1.29 is 4.74 Å². The van der Waals surface area contributed by atoms with E-state index in [-0.39, 0.29) is 0 Å². The lowest BCUT2D eigenvalue weighted by Gasteiger charge is -2.38. The summed E-state index contributed by atoms with van der Waals surface area (Å²) in [6.45, 7) is 3.46. The molecule has 0 amide bonds. The van der Waals surface area contributed by atoms with E-state index in [1.807, 2.05) is 0 Å². The van der Waals surface area contributed by atoms with Gasteiger partial charge in [-0.1, -0.05) is 0 Å². The zero-order valence-corrected chi connectivity index (χ0v) is 7.66. The molecule has 0 aliphatic carbocycles. The predicted molar refractivity (Wildman–Crippen MR) is 47.1 cm³/mol. The summed E-state index contributed by atoms with van der Waals surface area (Å²) in [5, 5.41) is 0. The molecule has 4 heteroatoms. The summed E-state index contributed by atoms with van der Waals surface area (Å²) in [5.74, 6) is 0. The van der Waals surface area contributed by atoms with Crippen molar-refractivity contribution in [2.24, 2.45) is 4.99 Å². The van der Waals surface area contributed by atoms with E-state index in [0.29, 0.717) is 6.17 Å². The highest BCUT2D eigenvalue weighted by molar-refractivity contribution is 5.74. The third-order valence-electron chi connectivity index (χ3n) is 2.70. The van der Waals surface area contributed by atoms with Crippen molar-refractivity contribution in [1.29, 1.82) is 0 Å². The normalized spacial score (nSPS) is 30.0. The van der Waals surface area contributed by atoms with Gasteiger partial charge in [0.15, 0.2) is 0 Å². The van der Waals surface area contributed by atoms with E-state index in [1.54, 1.807) is 14.2 Å². The second kappa shape index (κ2) is 2.94. The van der Waals surface area contributed by atoms with Crippen molar-refractivity contribution >= 4 is 6.02 Å². The molecule has 0 aromatic heterocycles. The molecule has 0 bridgehead atoms. The molecule has 12 heavy (non-hydrogen) atoms. The minimum atomic E-state index is 0.573. The highest BCUT2D eigenvalue weighted by atomic mass is 16.5. The van der Waals surface area contributed by atoms with Crippen LogP contribution in [0.5, 0.6) is 0 Å². The van der Waals surface area contributed by atoms with E-state index in [9.17, 15) is 0 Å². The first-order valence-electron chi connectivity index (χ1n) is 4.38. The van der Waals surface area contributed by atoms with Crippen molar-refractivity contribution in [2.45, 2.75) is 12.6 Å². The number of aliphatic imine (C=N–C) groups is 1. The highest BCUT2D eigenvalue weighted by Crippen LogP contribution is 2.26. The maximum Gasteiger partial charge on any atom is 0.288 e. The first kappa shape index (κ1) is 7.86. The van der Waals surface area contributed by atoms with Gasteiger partial charge in [0.25, 0.3) is 6.02 Å². The Labute approximate surface area is 72.8 Å². The molecule has 2 aliphatic rings. The Kier molecular flexibility index (Phi) is 1.92. The molecule has 0 N–H and O–H groups in total. The van der Waals surface area contributed by atoms with Crippen LogP contribution in [0.15, 0.2) is 4.99 Å². The quantitative estimate of drug-likeness (QED) is 0.376. The Morgan fingerprint density at radius 1 is 1.42 bits per heavy atom. The van der Waals surface area contributed by atoms with Gasteiger partial charge in [-0.05, 0) is 6.42 Å². The average molecular weight is 169 g/mol. The second-order valence-electron chi connectivity index (χ2n) is 3.21. The number of hydrogen-bond donors (Lipinski definition) is 0. The number of methoxy groups -OCH3 is 1. The molecule has 1 unspecified atom stereocenters. The van der Waals surface area contributed by atoms with Gasteiger partial charge in [0.05, 0.1) is 13.3 Å². The molecule has 2 saturated heterocycles. The Hall–Kier alpha value is -0.770. The lowest BCUT2D eigenvalue weighted by molar-refractivity contribution is 0.0693. The summed E-state index contributed by atoms with van der Waals surface area (Å²) < 4.78 is 5.19. The van der Waals surface area contributed by atoms with Crippen LogP contribution in [0.2, 0.25) is 0 Å². The van der Waals surface area contributed by atoms with Crippen LogP contribution in [0.3, 0.4) is 0 Å². The number of fused-ring (bicyclic) bond motifs is 1. The van der Waals surface area contributed by atoms with Gasteiger partial charge in [-0.25, -0.2) is 4.99 Å². The Balaban J connectivity index is 2.04. The van der Waals surface area contributed by atoms with E-state index < -0.39 is 0 Å². The Morgan fingerprint density at radius 3 is 2.67 bits per heavy atom. The number of rotatable bonds is 0. The van der Waals surface area contributed by atoms with Gasteiger partial charge >= 0.3 is 0 Å². The minimum Gasteiger partial charge on any atom is -0.468 e. The molecule has 0 aromatic rings. The van der Waals surface area contributed by atoms with E-state index in [2.05, 4.69) is 14.8 Å². The number of ether oxygens (including phenoxy) is 1. The van der Waals surface area contributed by atoms with Crippen LogP contribution in [-0.2, 0) is 4.74 Å². The van der Waals surface area contributed by atoms with Gasteiger partial charge in [-0.3, -0.25) is 4.90 Å². The summed E-state index contributed by atoms with van der Waals surface area (Å²) >= 11 is 0. The van der Waals surface area contributed by atoms with Gasteiger partial charge in [-0.2, -0.15) is 0 Å². The number of nitrogens with zero attached hydrogens (tertiary/aromatic N) is 3. The van der Waals surface area contributed by atoms with Crippen molar-refractivity contribution in [3.05, 3.63) is 0 Å². The summed E-state index contributed by atoms with van der Waals surface area (Å²) in [6, 6.07) is 0.780. The fourth-order valence-electron chi connectivity index (χ4n) is 1.99. The van der Waals surface area contributed by atoms with Crippen LogP contribution < -0.4 is 0 Å². The SMILES string of the molecule is CN=C(OC)N1CCN2CCC21. The van der Waals surface area contributed by atoms with Crippen LogP contribution in [0.4, 0.5) is 0 Å². The molecule has 2 rings (SSSR count). The molecule has 2 aliphatic heterocycles. The fourth-order valence-corrected chi connectivity index (χ4v) is 1.99. The standard InChI is InChI=1S/C8H15N3O/c1-9-8(12-2)11-6-5-10-4-3-7(10)11/h7H,3-6H2,1-2H3. The van der Waals surface area contributed by atoms with Gasteiger partial charge in [0.1, 0.15) is 0 Å². The smallest absolute Gasteiger partial charge is 0.288 e. The molecule has 68 valence electrons. The molecule has 0 radical (unpaired) electrons. The monoisotopic (exact) mass is 169 g/mol. The van der Waals surface area contributed by atoms with Crippen molar-refractivity contribution in [1.82, 2.24) is 9.80 Å². The molecule has 2 heterocycles. The van der Waals surface area contributed by atoms with Crippen LogP contribution in [0.1, 0.15) is 6.42 Å². The highest BCUT2D eigenvalue weighted by Gasteiger charge is 2.40. The molecule has 0 spiro atoms. The van der Waals surface area contributed by atoms with Crippen LogP contribution in [0, 0.1) is 0 Å². The molecule has 0 saturated carbocycles. The van der Waals surface area contributed by atoms with Gasteiger partial charge in [-0.15, -0.1) is 0 Å². The molecule has 4 nitrogen and oxygen atoms in total. The molecule has 1 atom stereocenters. The average Bonchev–Trinajstić information content (AvgIpc) is 2.29. The largest absolute Gasteiger partial charge is 0.468 e. The van der Waals surface area contributed by atoms with E-state index in [4.69, 9.17) is 4.74 Å². The third kappa shape index (κ3) is 0.982. The van der Waals surface area contributed by atoms with Gasteiger partial charge in [0, 0.05) is 26.7 Å². The van der Waals surface area contributed by atoms with Gasteiger partial charge in [0.2, 0.25) is 0 Å². The maximum absolute atomic E-state index is 5.19.